The molecule has 2 aromatic heterocycles. The number of carboxylic acid groups (broad SMARTS) is 1. The Morgan fingerprint density at radius 2 is 1.81 bits per heavy atom. The lowest BCUT2D eigenvalue weighted by atomic mass is 9.51. The number of hydrogen-bond donors (Lipinski definition) is 2. The van der Waals surface area contributed by atoms with Gasteiger partial charge in [0.1, 0.15) is 17.3 Å². The molecule has 0 unspecified atom stereocenters. The lowest BCUT2D eigenvalue weighted by molar-refractivity contribution is -0.141. The van der Waals surface area contributed by atoms with E-state index in [1.54, 1.807) is 54.3 Å². The van der Waals surface area contributed by atoms with E-state index in [2.05, 4.69) is 15.9 Å². The van der Waals surface area contributed by atoms with Crippen LogP contribution in [-0.2, 0) is 31.0 Å². The van der Waals surface area contributed by atoms with Crippen molar-refractivity contribution in [2.45, 2.75) is 58.3 Å². The van der Waals surface area contributed by atoms with Crippen LogP contribution in [0.25, 0.3) is 20.7 Å². The lowest BCUT2D eigenvalue weighted by Crippen LogP contribution is -2.49. The van der Waals surface area contributed by atoms with Crippen LogP contribution >= 0.6 is 38.9 Å². The van der Waals surface area contributed by atoms with Crippen LogP contribution in [0.5, 0.6) is 5.75 Å². The smallest absolute Gasteiger partial charge is 0.303 e. The van der Waals surface area contributed by atoms with Crippen molar-refractivity contribution in [2.75, 3.05) is 11.4 Å². The minimum Gasteiger partial charge on any atom is -0.508 e. The van der Waals surface area contributed by atoms with Gasteiger partial charge < -0.3 is 10.2 Å². The number of amides is 4. The van der Waals surface area contributed by atoms with Crippen LogP contribution in [-0.4, -0.2) is 61.0 Å². The first kappa shape index (κ1) is 36.6. The monoisotopic (exact) mass is 832 g/mol. The quantitative estimate of drug-likeness (QED) is 0.0995. The summed E-state index contributed by atoms with van der Waals surface area (Å²) in [6.45, 7) is 3.98. The number of hydrogen-bond acceptors (Lipinski definition) is 8. The van der Waals surface area contributed by atoms with E-state index >= 15 is 4.79 Å². The van der Waals surface area contributed by atoms with Gasteiger partial charge in [0.05, 0.1) is 28.0 Å². The standard InChI is InChI=1S/C40H38BrClN4O7S/c1-19-24-16-21(42)9-13-30(24)54-35(19)28-18-31(44(3)43-28)46-37(51)27-17-25-22(34(40(27,2)39(46)53)26-15-20(41)8-12-29(26)47)10-11-23-33(25)38(52)45(36(23)50)14-6-4-5-7-32(48)49/h8-10,12-13,15-16,18,23,25,27,33-34,47H,4-7,11,14,17H2,1-3H3,(H,48,49)/t23-,25+,27-,33-,34+,40+/m0/s1. The van der Waals surface area contributed by atoms with Crippen molar-refractivity contribution < 1.29 is 34.2 Å². The summed E-state index contributed by atoms with van der Waals surface area (Å²) < 4.78 is 3.26. The van der Waals surface area contributed by atoms with Crippen molar-refractivity contribution in [3.63, 3.8) is 0 Å². The number of nitrogens with zero attached hydrogens (tertiary/aromatic N) is 4. The van der Waals surface area contributed by atoms with Gasteiger partial charge in [-0.1, -0.05) is 45.6 Å². The van der Waals surface area contributed by atoms with E-state index in [9.17, 15) is 24.3 Å². The molecule has 11 nitrogen and oxygen atoms in total. The molecular weight excluding hydrogens is 796 g/mol. The predicted octanol–water partition coefficient (Wildman–Crippen LogP) is 7.61. The van der Waals surface area contributed by atoms with E-state index in [0.717, 1.165) is 26.1 Å². The zero-order chi connectivity index (χ0) is 38.4. The van der Waals surface area contributed by atoms with E-state index in [4.69, 9.17) is 21.8 Å². The summed E-state index contributed by atoms with van der Waals surface area (Å²) >= 11 is 11.4. The molecule has 4 heterocycles. The lowest BCUT2D eigenvalue weighted by Gasteiger charge is -2.49. The van der Waals surface area contributed by atoms with Crippen LogP contribution in [0.2, 0.25) is 5.02 Å². The number of benzene rings is 2. The highest BCUT2D eigenvalue weighted by Crippen LogP contribution is 2.64. The van der Waals surface area contributed by atoms with Crippen molar-refractivity contribution in [3.8, 4) is 16.3 Å². The molecule has 1 saturated carbocycles. The molecule has 0 spiro atoms. The summed E-state index contributed by atoms with van der Waals surface area (Å²) in [6, 6.07) is 12.5. The normalized spacial score (nSPS) is 26.4. The highest BCUT2D eigenvalue weighted by Gasteiger charge is 2.68. The van der Waals surface area contributed by atoms with Gasteiger partial charge >= 0.3 is 5.97 Å². The number of aromatic nitrogens is 2. The number of carbonyl (C=O) groups is 5. The maximum atomic E-state index is 15.0. The topological polar surface area (TPSA) is 150 Å². The Labute approximate surface area is 328 Å². The number of phenols is 1. The second-order valence-corrected chi connectivity index (χ2v) is 17.5. The molecule has 54 heavy (non-hydrogen) atoms. The van der Waals surface area contributed by atoms with Crippen molar-refractivity contribution in [2.24, 2.45) is 36.1 Å². The SMILES string of the molecule is Cc1c(-c2cc(N3C(=O)[C@@H]4C[C@@H]5C(=CC[C@@H]6C(=O)N(CCCCCC(=O)O)C(=O)[C@@H]65)[C@H](c5cc(Br)ccc5O)[C@]4(C)C3=O)n(C)n2)sc2ccc(Cl)cc12. The molecule has 4 aliphatic rings. The summed E-state index contributed by atoms with van der Waals surface area (Å²) in [4.78, 5) is 72.2. The minimum absolute atomic E-state index is 0.0242. The third kappa shape index (κ3) is 5.56. The molecule has 6 atom stereocenters. The van der Waals surface area contributed by atoms with E-state index in [1.807, 2.05) is 31.2 Å². The van der Waals surface area contributed by atoms with Gasteiger partial charge in [-0.15, -0.1) is 11.3 Å². The van der Waals surface area contributed by atoms with Crippen molar-refractivity contribution in [1.82, 2.24) is 14.7 Å². The maximum absolute atomic E-state index is 15.0. The fourth-order valence-electron chi connectivity index (χ4n) is 9.56. The van der Waals surface area contributed by atoms with Gasteiger partial charge in [-0.05, 0) is 92.8 Å². The third-order valence-electron chi connectivity index (χ3n) is 12.2. The molecule has 14 heteroatoms. The first-order chi connectivity index (χ1) is 25.7. The van der Waals surface area contributed by atoms with Gasteiger partial charge in [0.2, 0.25) is 23.6 Å². The number of fused-ring (bicyclic) bond motifs is 5. The number of imide groups is 2. The summed E-state index contributed by atoms with van der Waals surface area (Å²) in [6.07, 6.45) is 3.97. The fourth-order valence-corrected chi connectivity index (χ4v) is 11.3. The van der Waals surface area contributed by atoms with Crippen molar-refractivity contribution in [3.05, 3.63) is 74.7 Å². The van der Waals surface area contributed by atoms with Crippen LogP contribution in [0.1, 0.15) is 62.5 Å². The van der Waals surface area contributed by atoms with Crippen molar-refractivity contribution in [1.29, 1.82) is 0 Å². The summed E-state index contributed by atoms with van der Waals surface area (Å²) in [7, 11) is 1.70. The van der Waals surface area contributed by atoms with Crippen LogP contribution < -0.4 is 4.90 Å². The molecule has 4 amide bonds. The highest BCUT2D eigenvalue weighted by atomic mass is 79.9. The predicted molar refractivity (Wildman–Crippen MR) is 207 cm³/mol. The third-order valence-corrected chi connectivity index (χ3v) is 14.2. The number of aliphatic carboxylic acids is 1. The fraction of sp³-hybridized carbons (Fsp3) is 0.400. The number of unbranched alkanes of at least 4 members (excludes halogenated alkanes) is 2. The molecular formula is C40H38BrClN4O7S. The summed E-state index contributed by atoms with van der Waals surface area (Å²) in [5, 5.41) is 26.8. The van der Waals surface area contributed by atoms with Crippen molar-refractivity contribution >= 4 is 84.4 Å². The molecule has 8 rings (SSSR count). The first-order valence-electron chi connectivity index (χ1n) is 18.1. The number of carbonyl (C=O) groups excluding carboxylic acids is 4. The largest absolute Gasteiger partial charge is 0.508 e. The Bertz CT molecular complexity index is 2330. The molecule has 2 saturated heterocycles. The number of thiophene rings is 1. The second-order valence-electron chi connectivity index (χ2n) is 15.1. The molecule has 2 aliphatic heterocycles. The van der Waals surface area contributed by atoms with Crippen LogP contribution in [0.3, 0.4) is 0 Å². The molecule has 3 fully saturated rings. The number of halogens is 2. The second kappa shape index (κ2) is 13.5. The Balaban J connectivity index is 1.18. The van der Waals surface area contributed by atoms with Gasteiger partial charge in [0.15, 0.2) is 0 Å². The summed E-state index contributed by atoms with van der Waals surface area (Å²) in [5.74, 6) is -5.48. The number of allylic oxidation sites excluding steroid dienone is 2. The van der Waals surface area contributed by atoms with Crippen LogP contribution in [0.15, 0.2) is 58.6 Å². The average molecular weight is 834 g/mol. The Kier molecular flexibility index (Phi) is 9.13. The van der Waals surface area contributed by atoms with E-state index in [-0.39, 0.29) is 37.0 Å². The van der Waals surface area contributed by atoms with Gasteiger partial charge in [0, 0.05) is 51.8 Å². The van der Waals surface area contributed by atoms with E-state index in [0.29, 0.717) is 52.3 Å². The number of aromatic hydroxyl groups is 1. The first-order valence-corrected chi connectivity index (χ1v) is 20.1. The average Bonchev–Trinajstić information content (AvgIpc) is 3.79. The number of anilines is 1. The minimum atomic E-state index is -1.34. The van der Waals surface area contributed by atoms with Gasteiger partial charge in [-0.2, -0.15) is 5.10 Å². The molecule has 2 N–H and O–H groups in total. The Morgan fingerprint density at radius 1 is 1.04 bits per heavy atom. The number of phenolic OH excluding ortho intramolecular Hbond substituents is 1. The van der Waals surface area contributed by atoms with Gasteiger partial charge in [-0.25, -0.2) is 4.90 Å². The molecule has 2 aromatic carbocycles. The number of likely N-dealkylation sites (tertiary alicyclic amines) is 1. The maximum Gasteiger partial charge on any atom is 0.303 e. The van der Waals surface area contributed by atoms with Gasteiger partial charge in [-0.3, -0.25) is 33.6 Å². The van der Waals surface area contributed by atoms with E-state index in [1.165, 1.54) is 9.80 Å². The number of aryl methyl sites for hydroxylation is 2. The molecule has 0 bridgehead atoms. The summed E-state index contributed by atoms with van der Waals surface area (Å²) in [5.41, 5.74) is 1.51. The van der Waals surface area contributed by atoms with E-state index < -0.39 is 52.8 Å². The van der Waals surface area contributed by atoms with Crippen LogP contribution in [0, 0.1) is 36.0 Å². The molecule has 4 aromatic rings. The highest BCUT2D eigenvalue weighted by molar-refractivity contribution is 9.10. The zero-order valence-corrected chi connectivity index (χ0v) is 33.0. The molecule has 2 aliphatic carbocycles. The number of rotatable bonds is 9. The Morgan fingerprint density at radius 3 is 2.57 bits per heavy atom. The Hall–Kier alpha value is -4.33. The van der Waals surface area contributed by atoms with Gasteiger partial charge in [0.25, 0.3) is 0 Å². The van der Waals surface area contributed by atoms with Crippen LogP contribution in [0.4, 0.5) is 5.82 Å². The number of carboxylic acids is 1. The molecule has 0 radical (unpaired) electrons. The zero-order valence-electron chi connectivity index (χ0n) is 29.8. The molecule has 280 valence electrons.